The normalized spacial score (nSPS) is 9.36. The second-order valence-corrected chi connectivity index (χ2v) is 3.67. The Kier molecular flexibility index (Phi) is 4.73. The Balaban J connectivity index is 2.14. The van der Waals surface area contributed by atoms with E-state index < -0.39 is 0 Å². The lowest BCUT2D eigenvalue weighted by Crippen LogP contribution is -2.23. The van der Waals surface area contributed by atoms with E-state index in [1.807, 2.05) is 0 Å². The van der Waals surface area contributed by atoms with Crippen molar-refractivity contribution >= 4 is 17.2 Å². The molecule has 0 bridgehead atoms. The molecule has 0 spiro atoms. The minimum Gasteiger partial charge on any atom is -0.351 e. The van der Waals surface area contributed by atoms with Gasteiger partial charge < -0.3 is 5.32 Å². The molecular formula is C10H12N2OS. The average Bonchev–Trinajstić information content (AvgIpc) is 2.70. The summed E-state index contributed by atoms with van der Waals surface area (Å²) in [5.41, 5.74) is 1.65. The molecule has 1 N–H and O–H groups in total. The monoisotopic (exact) mass is 208 g/mol. The van der Waals surface area contributed by atoms with Gasteiger partial charge in [-0.1, -0.05) is 0 Å². The molecule has 0 saturated heterocycles. The van der Waals surface area contributed by atoms with Crippen molar-refractivity contribution < 1.29 is 4.79 Å². The fourth-order valence-corrected chi connectivity index (χ4v) is 1.51. The Hall–Kier alpha value is -1.34. The molecule has 0 aromatic carbocycles. The van der Waals surface area contributed by atoms with Gasteiger partial charge in [0.2, 0.25) is 0 Å². The highest BCUT2D eigenvalue weighted by Gasteiger charge is 2.04. The highest BCUT2D eigenvalue weighted by atomic mass is 32.1. The highest BCUT2D eigenvalue weighted by Crippen LogP contribution is 2.04. The Morgan fingerprint density at radius 1 is 1.64 bits per heavy atom. The Morgan fingerprint density at radius 3 is 3.14 bits per heavy atom. The third kappa shape index (κ3) is 3.58. The van der Waals surface area contributed by atoms with Crippen molar-refractivity contribution in [1.82, 2.24) is 10.3 Å². The predicted octanol–water partition coefficient (Wildman–Crippen LogP) is 1.68. The first-order valence-corrected chi connectivity index (χ1v) is 5.32. The summed E-state index contributed by atoms with van der Waals surface area (Å²) in [6, 6.07) is 0. The number of rotatable bonds is 5. The number of carbonyl (C=O) groups is 1. The maximum Gasteiger partial charge on any atom is 0.262 e. The van der Waals surface area contributed by atoms with Crippen LogP contribution in [0, 0.1) is 12.3 Å². The Labute approximate surface area is 87.6 Å². The summed E-state index contributed by atoms with van der Waals surface area (Å²) >= 11 is 1.34. The number of hydrogen-bond donors (Lipinski definition) is 1. The quantitative estimate of drug-likeness (QED) is 0.591. The molecule has 14 heavy (non-hydrogen) atoms. The van der Waals surface area contributed by atoms with E-state index in [2.05, 4.69) is 16.2 Å². The smallest absolute Gasteiger partial charge is 0.262 e. The van der Waals surface area contributed by atoms with Crippen LogP contribution in [-0.4, -0.2) is 17.4 Å². The first-order chi connectivity index (χ1) is 6.84. The predicted molar refractivity (Wildman–Crippen MR) is 57.1 cm³/mol. The minimum absolute atomic E-state index is 0.0480. The standard InChI is InChI=1S/C10H12N2OS/c1-2-3-4-5-6-12-10(13)9-7-11-8-14-9/h1,7-8H,3-6H2,(H,12,13). The molecule has 0 unspecified atom stereocenters. The molecule has 74 valence electrons. The summed E-state index contributed by atoms with van der Waals surface area (Å²) in [5, 5.41) is 2.81. The number of nitrogens with one attached hydrogen (secondary N) is 1. The van der Waals surface area contributed by atoms with Crippen LogP contribution in [0.2, 0.25) is 0 Å². The van der Waals surface area contributed by atoms with Crippen LogP contribution in [-0.2, 0) is 0 Å². The van der Waals surface area contributed by atoms with Gasteiger partial charge in [0.05, 0.1) is 11.7 Å². The molecule has 0 aliphatic heterocycles. The largest absolute Gasteiger partial charge is 0.351 e. The van der Waals surface area contributed by atoms with E-state index in [1.165, 1.54) is 11.3 Å². The third-order valence-electron chi connectivity index (χ3n) is 1.69. The van der Waals surface area contributed by atoms with Gasteiger partial charge in [-0.2, -0.15) is 0 Å². The highest BCUT2D eigenvalue weighted by molar-refractivity contribution is 7.11. The van der Waals surface area contributed by atoms with Crippen LogP contribution in [0.5, 0.6) is 0 Å². The molecule has 1 rings (SSSR count). The molecule has 0 saturated carbocycles. The van der Waals surface area contributed by atoms with E-state index in [0.29, 0.717) is 11.4 Å². The first kappa shape index (κ1) is 10.7. The van der Waals surface area contributed by atoms with Crippen molar-refractivity contribution in [2.24, 2.45) is 0 Å². The summed E-state index contributed by atoms with van der Waals surface area (Å²) in [6.45, 7) is 0.679. The zero-order valence-corrected chi connectivity index (χ0v) is 8.64. The summed E-state index contributed by atoms with van der Waals surface area (Å²) in [6.07, 6.45) is 9.33. The summed E-state index contributed by atoms with van der Waals surface area (Å²) in [4.78, 5) is 15.8. The Bertz CT molecular complexity index is 313. The van der Waals surface area contributed by atoms with E-state index in [4.69, 9.17) is 6.42 Å². The third-order valence-corrected chi connectivity index (χ3v) is 2.46. The van der Waals surface area contributed by atoms with Gasteiger partial charge in [-0.05, 0) is 12.8 Å². The molecule has 0 atom stereocenters. The maximum absolute atomic E-state index is 11.4. The number of aromatic nitrogens is 1. The van der Waals surface area contributed by atoms with Crippen LogP contribution in [0.3, 0.4) is 0 Å². The van der Waals surface area contributed by atoms with Gasteiger partial charge >= 0.3 is 0 Å². The van der Waals surface area contributed by atoms with Crippen molar-refractivity contribution in [3.63, 3.8) is 0 Å². The molecular weight excluding hydrogens is 196 g/mol. The SMILES string of the molecule is C#CCCCCNC(=O)c1cncs1. The lowest BCUT2D eigenvalue weighted by molar-refractivity contribution is 0.0957. The zero-order valence-electron chi connectivity index (χ0n) is 7.82. The molecule has 0 fully saturated rings. The van der Waals surface area contributed by atoms with Gasteiger partial charge in [0.1, 0.15) is 4.88 Å². The molecule has 0 aliphatic carbocycles. The number of nitrogens with zero attached hydrogens (tertiary/aromatic N) is 1. The van der Waals surface area contributed by atoms with Crippen molar-refractivity contribution in [3.8, 4) is 12.3 Å². The van der Waals surface area contributed by atoms with Crippen molar-refractivity contribution in [2.45, 2.75) is 19.3 Å². The molecule has 0 radical (unpaired) electrons. The van der Waals surface area contributed by atoms with Crippen LogP contribution in [0.25, 0.3) is 0 Å². The second kappa shape index (κ2) is 6.17. The maximum atomic E-state index is 11.4. The molecule has 1 aromatic rings. The second-order valence-electron chi connectivity index (χ2n) is 2.78. The molecule has 0 aliphatic rings. The Morgan fingerprint density at radius 2 is 2.50 bits per heavy atom. The lowest BCUT2D eigenvalue weighted by Gasteiger charge is -2.01. The summed E-state index contributed by atoms with van der Waals surface area (Å²) in [7, 11) is 0. The number of carbonyl (C=O) groups excluding carboxylic acids is 1. The van der Waals surface area contributed by atoms with E-state index in [0.717, 1.165) is 19.3 Å². The van der Waals surface area contributed by atoms with E-state index in [-0.39, 0.29) is 5.91 Å². The van der Waals surface area contributed by atoms with Crippen molar-refractivity contribution in [2.75, 3.05) is 6.54 Å². The van der Waals surface area contributed by atoms with Gasteiger partial charge in [0.15, 0.2) is 0 Å². The first-order valence-electron chi connectivity index (χ1n) is 4.44. The van der Waals surface area contributed by atoms with Crippen molar-refractivity contribution in [3.05, 3.63) is 16.6 Å². The van der Waals surface area contributed by atoms with E-state index in [9.17, 15) is 4.79 Å². The molecule has 1 aromatic heterocycles. The number of hydrogen-bond acceptors (Lipinski definition) is 3. The van der Waals surface area contributed by atoms with Gasteiger partial charge in [-0.3, -0.25) is 9.78 Å². The molecule has 1 amide bonds. The molecule has 1 heterocycles. The van der Waals surface area contributed by atoms with Crippen molar-refractivity contribution in [1.29, 1.82) is 0 Å². The van der Waals surface area contributed by atoms with Gasteiger partial charge in [-0.15, -0.1) is 23.7 Å². The fraction of sp³-hybridized carbons (Fsp3) is 0.400. The fourth-order valence-electron chi connectivity index (χ4n) is 0.969. The minimum atomic E-state index is -0.0480. The van der Waals surface area contributed by atoms with Gasteiger partial charge in [-0.25, -0.2) is 0 Å². The van der Waals surface area contributed by atoms with Gasteiger partial charge in [0.25, 0.3) is 5.91 Å². The number of thiazole rings is 1. The average molecular weight is 208 g/mol. The van der Waals surface area contributed by atoms with Crippen LogP contribution in [0.4, 0.5) is 0 Å². The summed E-state index contributed by atoms with van der Waals surface area (Å²) < 4.78 is 0. The van der Waals surface area contributed by atoms with Crippen LogP contribution in [0.1, 0.15) is 28.9 Å². The summed E-state index contributed by atoms with van der Waals surface area (Å²) in [5.74, 6) is 2.51. The zero-order chi connectivity index (χ0) is 10.2. The van der Waals surface area contributed by atoms with E-state index >= 15 is 0 Å². The van der Waals surface area contributed by atoms with E-state index in [1.54, 1.807) is 11.7 Å². The van der Waals surface area contributed by atoms with Crippen LogP contribution < -0.4 is 5.32 Å². The molecule has 4 heteroatoms. The number of terminal acetylenes is 1. The lowest BCUT2D eigenvalue weighted by atomic mass is 10.2. The number of unbranched alkanes of at least 4 members (excludes halogenated alkanes) is 2. The topological polar surface area (TPSA) is 42.0 Å². The molecule has 3 nitrogen and oxygen atoms in total. The van der Waals surface area contributed by atoms with Crippen LogP contribution in [0.15, 0.2) is 11.7 Å². The van der Waals surface area contributed by atoms with Crippen LogP contribution >= 0.6 is 11.3 Å². The number of amides is 1. The van der Waals surface area contributed by atoms with Gasteiger partial charge in [0, 0.05) is 13.0 Å².